The molecule has 0 saturated heterocycles. The third kappa shape index (κ3) is 6.78. The van der Waals surface area contributed by atoms with Crippen LogP contribution in [0.4, 0.5) is 0 Å². The first-order valence-corrected chi connectivity index (χ1v) is 5.27. The molecule has 1 nitrogen and oxygen atoms in total. The molecule has 1 atom stereocenters. The van der Waals surface area contributed by atoms with Crippen molar-refractivity contribution in [2.75, 3.05) is 31.0 Å². The summed E-state index contributed by atoms with van der Waals surface area (Å²) in [6, 6.07) is 0. The molecule has 0 aliphatic heterocycles. The van der Waals surface area contributed by atoms with E-state index in [1.54, 1.807) is 7.11 Å². The van der Waals surface area contributed by atoms with Crippen molar-refractivity contribution in [2.45, 2.75) is 6.92 Å². The minimum atomic E-state index is 0.727. The predicted octanol–water partition coefficient (Wildman–Crippen LogP) is 1.93. The Bertz CT molecular complexity index is 68.6. The van der Waals surface area contributed by atoms with E-state index in [2.05, 4.69) is 19.6 Å². The smallest absolute Gasteiger partial charge is 0.0552 e. The Kier molecular flexibility index (Phi) is 8.28. The normalized spacial score (nSPS) is 13.5. The second-order valence-electron chi connectivity index (χ2n) is 2.36. The molecular weight excluding hydrogens is 164 g/mol. The number of hydrogen-bond acceptors (Lipinski definition) is 3. The molecule has 0 amide bonds. The van der Waals surface area contributed by atoms with Gasteiger partial charge in [0, 0.05) is 12.9 Å². The lowest BCUT2D eigenvalue weighted by Crippen LogP contribution is -2.01. The molecule has 62 valence electrons. The Morgan fingerprint density at radius 1 is 1.60 bits per heavy atom. The molecule has 0 bridgehead atoms. The number of thioether (sulfide) groups is 1. The molecule has 0 saturated carbocycles. The molecule has 0 aromatic carbocycles. The van der Waals surface area contributed by atoms with Crippen LogP contribution < -0.4 is 0 Å². The van der Waals surface area contributed by atoms with E-state index in [1.165, 1.54) is 5.75 Å². The van der Waals surface area contributed by atoms with E-state index < -0.39 is 0 Å². The fourth-order valence-electron chi connectivity index (χ4n) is 0.479. The summed E-state index contributed by atoms with van der Waals surface area (Å²) in [5, 5.41) is 0. The zero-order chi connectivity index (χ0) is 7.82. The summed E-state index contributed by atoms with van der Waals surface area (Å²) in [5.74, 6) is 4.02. The van der Waals surface area contributed by atoms with Gasteiger partial charge >= 0.3 is 0 Å². The summed E-state index contributed by atoms with van der Waals surface area (Å²) in [6.07, 6.45) is 0. The first kappa shape index (κ1) is 10.7. The second kappa shape index (κ2) is 7.76. The standard InChI is InChI=1S/C7H16OS2/c1-7(5-9)6-10-4-3-8-2/h7,9H,3-6H2,1-2H3. The fourth-order valence-corrected chi connectivity index (χ4v) is 1.75. The molecule has 0 rings (SSSR count). The maximum Gasteiger partial charge on any atom is 0.0552 e. The van der Waals surface area contributed by atoms with Crippen molar-refractivity contribution in [2.24, 2.45) is 5.92 Å². The van der Waals surface area contributed by atoms with Crippen molar-refractivity contribution in [3.05, 3.63) is 0 Å². The van der Waals surface area contributed by atoms with Crippen molar-refractivity contribution >= 4 is 24.4 Å². The van der Waals surface area contributed by atoms with E-state index >= 15 is 0 Å². The quantitative estimate of drug-likeness (QED) is 0.494. The van der Waals surface area contributed by atoms with Gasteiger partial charge in [-0.1, -0.05) is 6.92 Å². The molecule has 0 fully saturated rings. The SMILES string of the molecule is COCCSCC(C)CS. The van der Waals surface area contributed by atoms with Crippen LogP contribution in [-0.4, -0.2) is 31.0 Å². The van der Waals surface area contributed by atoms with Crippen LogP contribution in [0.15, 0.2) is 0 Å². The highest BCUT2D eigenvalue weighted by atomic mass is 32.2. The van der Waals surface area contributed by atoms with Gasteiger partial charge in [0.15, 0.2) is 0 Å². The zero-order valence-corrected chi connectivity index (χ0v) is 8.38. The number of ether oxygens (including phenoxy) is 1. The molecule has 10 heavy (non-hydrogen) atoms. The first-order chi connectivity index (χ1) is 4.81. The summed E-state index contributed by atoms with van der Waals surface area (Å²) >= 11 is 6.13. The van der Waals surface area contributed by atoms with Crippen LogP contribution in [0.25, 0.3) is 0 Å². The largest absolute Gasteiger partial charge is 0.384 e. The van der Waals surface area contributed by atoms with E-state index in [-0.39, 0.29) is 0 Å². The summed E-state index contributed by atoms with van der Waals surface area (Å²) in [6.45, 7) is 3.08. The first-order valence-electron chi connectivity index (χ1n) is 3.48. The van der Waals surface area contributed by atoms with Crippen molar-refractivity contribution < 1.29 is 4.74 Å². The van der Waals surface area contributed by atoms with Crippen LogP contribution in [-0.2, 0) is 4.74 Å². The Hall–Kier alpha value is 0.660. The highest BCUT2D eigenvalue weighted by molar-refractivity contribution is 7.99. The van der Waals surface area contributed by atoms with Crippen LogP contribution in [0.1, 0.15) is 6.92 Å². The third-order valence-corrected chi connectivity index (χ3v) is 3.03. The van der Waals surface area contributed by atoms with Crippen LogP contribution in [0, 0.1) is 5.92 Å². The highest BCUT2D eigenvalue weighted by Gasteiger charge is 1.97. The minimum absolute atomic E-state index is 0.727. The molecule has 0 radical (unpaired) electrons. The molecule has 0 aliphatic rings. The van der Waals surface area contributed by atoms with Crippen molar-refractivity contribution in [3.63, 3.8) is 0 Å². The van der Waals surface area contributed by atoms with Crippen molar-refractivity contribution in [3.8, 4) is 0 Å². The molecule has 0 aliphatic carbocycles. The Morgan fingerprint density at radius 3 is 2.80 bits per heavy atom. The summed E-state index contributed by atoms with van der Waals surface area (Å²) in [4.78, 5) is 0. The van der Waals surface area contributed by atoms with Gasteiger partial charge in [0.05, 0.1) is 6.61 Å². The summed E-state index contributed by atoms with van der Waals surface area (Å²) in [7, 11) is 1.74. The van der Waals surface area contributed by atoms with E-state index in [4.69, 9.17) is 4.74 Å². The van der Waals surface area contributed by atoms with Crippen LogP contribution >= 0.6 is 24.4 Å². The molecular formula is C7H16OS2. The van der Waals surface area contributed by atoms with Gasteiger partial charge in [0.25, 0.3) is 0 Å². The van der Waals surface area contributed by atoms with Gasteiger partial charge in [-0.3, -0.25) is 0 Å². The molecule has 0 aromatic heterocycles. The summed E-state index contributed by atoms with van der Waals surface area (Å²) < 4.78 is 4.92. The molecule has 3 heteroatoms. The van der Waals surface area contributed by atoms with Crippen molar-refractivity contribution in [1.82, 2.24) is 0 Å². The molecule has 0 heterocycles. The van der Waals surface area contributed by atoms with E-state index in [0.717, 1.165) is 24.0 Å². The number of rotatable bonds is 6. The number of thiol groups is 1. The maximum atomic E-state index is 4.92. The lowest BCUT2D eigenvalue weighted by molar-refractivity contribution is 0.218. The Labute approximate surface area is 73.3 Å². The Balaban J connectivity index is 2.89. The summed E-state index contributed by atoms with van der Waals surface area (Å²) in [5.41, 5.74) is 0. The van der Waals surface area contributed by atoms with E-state index in [1.807, 2.05) is 11.8 Å². The third-order valence-electron chi connectivity index (χ3n) is 1.15. The molecule has 0 aromatic rings. The highest BCUT2D eigenvalue weighted by Crippen LogP contribution is 2.08. The van der Waals surface area contributed by atoms with Gasteiger partial charge in [-0.2, -0.15) is 24.4 Å². The van der Waals surface area contributed by atoms with E-state index in [9.17, 15) is 0 Å². The fraction of sp³-hybridized carbons (Fsp3) is 1.00. The van der Waals surface area contributed by atoms with Gasteiger partial charge < -0.3 is 4.74 Å². The molecule has 1 unspecified atom stereocenters. The average Bonchev–Trinajstić information content (AvgIpc) is 1.98. The van der Waals surface area contributed by atoms with Gasteiger partial charge in [0.2, 0.25) is 0 Å². The maximum absolute atomic E-state index is 4.92. The van der Waals surface area contributed by atoms with Crippen LogP contribution in [0.3, 0.4) is 0 Å². The van der Waals surface area contributed by atoms with Gasteiger partial charge in [-0.05, 0) is 17.4 Å². The van der Waals surface area contributed by atoms with Crippen LogP contribution in [0.5, 0.6) is 0 Å². The molecule has 0 spiro atoms. The zero-order valence-electron chi connectivity index (χ0n) is 6.67. The van der Waals surface area contributed by atoms with E-state index in [0.29, 0.717) is 0 Å². The second-order valence-corrected chi connectivity index (χ2v) is 3.87. The van der Waals surface area contributed by atoms with Gasteiger partial charge in [-0.25, -0.2) is 0 Å². The Morgan fingerprint density at radius 2 is 2.30 bits per heavy atom. The lowest BCUT2D eigenvalue weighted by Gasteiger charge is -2.05. The van der Waals surface area contributed by atoms with Gasteiger partial charge in [0.1, 0.15) is 0 Å². The minimum Gasteiger partial charge on any atom is -0.384 e. The van der Waals surface area contributed by atoms with Gasteiger partial charge in [-0.15, -0.1) is 0 Å². The average molecular weight is 180 g/mol. The number of methoxy groups -OCH3 is 1. The van der Waals surface area contributed by atoms with Crippen LogP contribution in [0.2, 0.25) is 0 Å². The number of hydrogen-bond donors (Lipinski definition) is 1. The predicted molar refractivity (Wildman–Crippen MR) is 52.2 cm³/mol. The molecule has 0 N–H and O–H groups in total. The van der Waals surface area contributed by atoms with Crippen molar-refractivity contribution in [1.29, 1.82) is 0 Å². The lowest BCUT2D eigenvalue weighted by atomic mass is 10.3. The topological polar surface area (TPSA) is 9.23 Å². The monoisotopic (exact) mass is 180 g/mol.